The van der Waals surface area contributed by atoms with Crippen molar-refractivity contribution >= 4 is 60.4 Å². The molecule has 2 N–H and O–H groups in total. The molecule has 3 aromatic rings. The van der Waals surface area contributed by atoms with Gasteiger partial charge in [-0.3, -0.25) is 4.57 Å². The van der Waals surface area contributed by atoms with Crippen LogP contribution < -0.4 is 5.73 Å². The normalized spacial score (nSPS) is 11.1. The van der Waals surface area contributed by atoms with Gasteiger partial charge in [0.05, 0.1) is 21.7 Å². The lowest BCUT2D eigenvalue weighted by Crippen LogP contribution is -2.01. The van der Waals surface area contributed by atoms with E-state index in [0.29, 0.717) is 11.0 Å². The van der Waals surface area contributed by atoms with Gasteiger partial charge in [0.25, 0.3) is 0 Å². The van der Waals surface area contributed by atoms with Gasteiger partial charge in [0.15, 0.2) is 0 Å². The van der Waals surface area contributed by atoms with E-state index >= 15 is 0 Å². The van der Waals surface area contributed by atoms with E-state index in [-0.39, 0.29) is 0 Å². The van der Waals surface area contributed by atoms with Crippen LogP contribution in [-0.2, 0) is 0 Å². The number of rotatable bonds is 1. The smallest absolute Gasteiger partial charge is 0.205 e. The second kappa shape index (κ2) is 4.81. The molecule has 1 heterocycles. The van der Waals surface area contributed by atoms with Crippen molar-refractivity contribution in [1.82, 2.24) is 9.55 Å². The van der Waals surface area contributed by atoms with E-state index < -0.39 is 0 Å². The highest BCUT2D eigenvalue weighted by molar-refractivity contribution is 9.10. The molecule has 0 radical (unpaired) electrons. The van der Waals surface area contributed by atoms with Gasteiger partial charge in [0, 0.05) is 8.95 Å². The average molecular weight is 401 g/mol. The number of nitrogen functional groups attached to an aromatic ring is 1. The zero-order valence-corrected chi connectivity index (χ0v) is 13.5. The van der Waals surface area contributed by atoms with Gasteiger partial charge in [0.2, 0.25) is 5.95 Å². The summed E-state index contributed by atoms with van der Waals surface area (Å²) in [4.78, 5) is 4.35. The topological polar surface area (TPSA) is 43.8 Å². The van der Waals surface area contributed by atoms with Gasteiger partial charge >= 0.3 is 0 Å². The molecule has 96 valence electrons. The standard InChI is InChI=1S/C13H8Br2ClN3/c14-7-1-3-9(16)11(5-7)19-12-6-8(15)2-4-10(12)18-13(19)17/h1-6H,(H2,17,18). The molecule has 0 aliphatic heterocycles. The highest BCUT2D eigenvalue weighted by Crippen LogP contribution is 2.31. The molecular formula is C13H8Br2ClN3. The number of hydrogen-bond donors (Lipinski definition) is 1. The molecule has 19 heavy (non-hydrogen) atoms. The summed E-state index contributed by atoms with van der Waals surface area (Å²) in [6.45, 7) is 0. The van der Waals surface area contributed by atoms with Crippen LogP contribution in [0.4, 0.5) is 5.95 Å². The summed E-state index contributed by atoms with van der Waals surface area (Å²) in [6, 6.07) is 11.4. The Kier molecular flexibility index (Phi) is 3.28. The molecule has 0 saturated heterocycles. The van der Waals surface area contributed by atoms with Crippen molar-refractivity contribution in [3.63, 3.8) is 0 Å². The minimum absolute atomic E-state index is 0.410. The third kappa shape index (κ3) is 2.26. The number of aromatic nitrogens is 2. The minimum Gasteiger partial charge on any atom is -0.369 e. The summed E-state index contributed by atoms with van der Waals surface area (Å²) in [5.41, 5.74) is 8.56. The number of nitrogens with zero attached hydrogens (tertiary/aromatic N) is 2. The summed E-state index contributed by atoms with van der Waals surface area (Å²) in [5.74, 6) is 0.410. The molecular weight excluding hydrogens is 393 g/mol. The third-order valence-electron chi connectivity index (χ3n) is 2.79. The van der Waals surface area contributed by atoms with E-state index in [1.54, 1.807) is 0 Å². The molecule has 2 aromatic carbocycles. The van der Waals surface area contributed by atoms with Gasteiger partial charge in [0.1, 0.15) is 0 Å². The maximum atomic E-state index is 6.26. The Morgan fingerprint density at radius 3 is 2.53 bits per heavy atom. The van der Waals surface area contributed by atoms with Gasteiger partial charge in [-0.05, 0) is 36.4 Å². The summed E-state index contributed by atoms with van der Waals surface area (Å²) in [6.07, 6.45) is 0. The number of hydrogen-bond acceptors (Lipinski definition) is 2. The first-order chi connectivity index (χ1) is 9.06. The highest BCUT2D eigenvalue weighted by atomic mass is 79.9. The second-order valence-corrected chi connectivity index (χ2v) is 6.27. The third-order valence-corrected chi connectivity index (χ3v) is 4.10. The Hall–Kier alpha value is -1.04. The molecule has 3 nitrogen and oxygen atoms in total. The molecule has 0 spiro atoms. The Morgan fingerprint density at radius 2 is 1.74 bits per heavy atom. The zero-order chi connectivity index (χ0) is 13.6. The lowest BCUT2D eigenvalue weighted by atomic mass is 10.3. The molecule has 0 aliphatic carbocycles. The van der Waals surface area contributed by atoms with Crippen molar-refractivity contribution in [2.75, 3.05) is 5.73 Å². The lowest BCUT2D eigenvalue weighted by molar-refractivity contribution is 1.11. The van der Waals surface area contributed by atoms with Crippen molar-refractivity contribution < 1.29 is 0 Å². The van der Waals surface area contributed by atoms with E-state index in [1.807, 2.05) is 41.0 Å². The van der Waals surface area contributed by atoms with E-state index in [1.165, 1.54) is 0 Å². The van der Waals surface area contributed by atoms with Crippen LogP contribution in [0.5, 0.6) is 0 Å². The largest absolute Gasteiger partial charge is 0.369 e. The van der Waals surface area contributed by atoms with E-state index in [0.717, 1.165) is 25.7 Å². The van der Waals surface area contributed by atoms with Gasteiger partial charge < -0.3 is 5.73 Å². The summed E-state index contributed by atoms with van der Waals surface area (Å²) < 4.78 is 3.74. The summed E-state index contributed by atoms with van der Waals surface area (Å²) >= 11 is 13.2. The first-order valence-corrected chi connectivity index (χ1v) is 7.41. The average Bonchev–Trinajstić information content (AvgIpc) is 2.68. The first-order valence-electron chi connectivity index (χ1n) is 5.45. The van der Waals surface area contributed by atoms with Crippen LogP contribution >= 0.6 is 43.5 Å². The molecule has 0 amide bonds. The number of imidazole rings is 1. The molecule has 6 heteroatoms. The molecule has 0 saturated carbocycles. The predicted molar refractivity (Wildman–Crippen MR) is 85.9 cm³/mol. The van der Waals surface area contributed by atoms with Crippen LogP contribution in [0.15, 0.2) is 45.3 Å². The van der Waals surface area contributed by atoms with Gasteiger partial charge in [-0.25, -0.2) is 4.98 Å². The van der Waals surface area contributed by atoms with E-state index in [2.05, 4.69) is 36.8 Å². The van der Waals surface area contributed by atoms with Crippen molar-refractivity contribution in [2.24, 2.45) is 0 Å². The van der Waals surface area contributed by atoms with Gasteiger partial charge in [-0.1, -0.05) is 43.5 Å². The molecule has 0 unspecified atom stereocenters. The number of anilines is 1. The SMILES string of the molecule is Nc1nc2ccc(Br)cc2n1-c1cc(Br)ccc1Cl. The number of nitrogens with two attached hydrogens (primary N) is 1. The fourth-order valence-corrected chi connectivity index (χ4v) is 2.88. The van der Waals surface area contributed by atoms with Crippen molar-refractivity contribution in [3.05, 3.63) is 50.4 Å². The zero-order valence-electron chi connectivity index (χ0n) is 9.57. The van der Waals surface area contributed by atoms with Crippen molar-refractivity contribution in [3.8, 4) is 5.69 Å². The summed E-state index contributed by atoms with van der Waals surface area (Å²) in [5, 5.41) is 0.620. The number of benzene rings is 2. The highest BCUT2D eigenvalue weighted by Gasteiger charge is 2.13. The summed E-state index contributed by atoms with van der Waals surface area (Å²) in [7, 11) is 0. The fourth-order valence-electron chi connectivity index (χ4n) is 1.98. The van der Waals surface area contributed by atoms with Gasteiger partial charge in [-0.15, -0.1) is 0 Å². The van der Waals surface area contributed by atoms with Crippen LogP contribution in [0, 0.1) is 0 Å². The van der Waals surface area contributed by atoms with Gasteiger partial charge in [-0.2, -0.15) is 0 Å². The molecule has 3 rings (SSSR count). The second-order valence-electron chi connectivity index (χ2n) is 4.03. The Labute approximate surface area is 131 Å². The van der Waals surface area contributed by atoms with E-state index in [9.17, 15) is 0 Å². The van der Waals surface area contributed by atoms with Crippen LogP contribution in [-0.4, -0.2) is 9.55 Å². The first kappa shape index (κ1) is 13.0. The Balaban J connectivity index is 2.38. The molecule has 0 bridgehead atoms. The van der Waals surface area contributed by atoms with Crippen LogP contribution in [0.25, 0.3) is 16.7 Å². The fraction of sp³-hybridized carbons (Fsp3) is 0. The molecule has 1 aromatic heterocycles. The van der Waals surface area contributed by atoms with Crippen LogP contribution in [0.3, 0.4) is 0 Å². The Morgan fingerprint density at radius 1 is 1.05 bits per heavy atom. The Bertz CT molecular complexity index is 783. The number of halogens is 3. The monoisotopic (exact) mass is 399 g/mol. The maximum absolute atomic E-state index is 6.26. The molecule has 0 atom stereocenters. The van der Waals surface area contributed by atoms with Crippen molar-refractivity contribution in [1.29, 1.82) is 0 Å². The van der Waals surface area contributed by atoms with E-state index in [4.69, 9.17) is 17.3 Å². The maximum Gasteiger partial charge on any atom is 0.205 e. The predicted octanol–water partition coefficient (Wildman–Crippen LogP) is 4.79. The minimum atomic E-state index is 0.410. The van der Waals surface area contributed by atoms with Crippen molar-refractivity contribution in [2.45, 2.75) is 0 Å². The van der Waals surface area contributed by atoms with Crippen LogP contribution in [0.2, 0.25) is 5.02 Å². The van der Waals surface area contributed by atoms with Crippen LogP contribution in [0.1, 0.15) is 0 Å². The molecule has 0 fully saturated rings. The molecule has 0 aliphatic rings. The number of fused-ring (bicyclic) bond motifs is 1. The lowest BCUT2D eigenvalue weighted by Gasteiger charge is -2.09. The quantitative estimate of drug-likeness (QED) is 0.637.